The number of fused-ring (bicyclic) bond motifs is 1. The number of aliphatic hydroxyl groups excluding tert-OH is 1. The van der Waals surface area contributed by atoms with E-state index in [1.165, 1.54) is 0 Å². The van der Waals surface area contributed by atoms with E-state index in [1.54, 1.807) is 24.2 Å². The molecular weight excluding hydrogens is 288 g/mol. The van der Waals surface area contributed by atoms with Gasteiger partial charge in [0.2, 0.25) is 11.7 Å². The summed E-state index contributed by atoms with van der Waals surface area (Å²) in [6, 6.07) is 5.66. The highest BCUT2D eigenvalue weighted by Crippen LogP contribution is 2.32. The van der Waals surface area contributed by atoms with Crippen LogP contribution in [-0.2, 0) is 0 Å². The Kier molecular flexibility index (Phi) is 3.08. The van der Waals surface area contributed by atoms with Gasteiger partial charge in [-0.25, -0.2) is 0 Å². The number of hydrogen-bond donors (Lipinski definition) is 1. The minimum Gasteiger partial charge on any atom is -0.391 e. The lowest BCUT2D eigenvalue weighted by atomic mass is 10.1. The maximum Gasteiger partial charge on any atom is 0.233 e. The molecule has 1 N–H and O–H groups in total. The average Bonchev–Trinajstić information content (AvgIpc) is 3.15. The fourth-order valence-electron chi connectivity index (χ4n) is 2.38. The molecule has 0 radical (unpaired) electrons. The van der Waals surface area contributed by atoms with Crippen molar-refractivity contribution in [2.24, 2.45) is 0 Å². The Labute approximate surface area is 124 Å². The van der Waals surface area contributed by atoms with Crippen molar-refractivity contribution < 1.29 is 9.63 Å². The normalized spacial score (nSPS) is 22.0. The lowest BCUT2D eigenvalue weighted by Crippen LogP contribution is -2.15. The summed E-state index contributed by atoms with van der Waals surface area (Å²) in [7, 11) is 0. The van der Waals surface area contributed by atoms with E-state index in [9.17, 15) is 5.11 Å². The van der Waals surface area contributed by atoms with Gasteiger partial charge in [0.15, 0.2) is 0 Å². The molecule has 1 aliphatic heterocycles. The summed E-state index contributed by atoms with van der Waals surface area (Å²) in [5, 5.41) is 13.9. The van der Waals surface area contributed by atoms with E-state index in [4.69, 9.17) is 4.52 Å². The summed E-state index contributed by atoms with van der Waals surface area (Å²) in [5.74, 6) is 2.47. The molecule has 2 aromatic heterocycles. The first-order valence-electron chi connectivity index (χ1n) is 6.62. The number of rotatable bonds is 2. The molecule has 1 fully saturated rings. The first kappa shape index (κ1) is 12.7. The minimum absolute atomic E-state index is 0.0727. The van der Waals surface area contributed by atoms with Gasteiger partial charge in [0.05, 0.1) is 23.1 Å². The smallest absolute Gasteiger partial charge is 0.233 e. The van der Waals surface area contributed by atoms with Crippen molar-refractivity contribution >= 4 is 22.8 Å². The van der Waals surface area contributed by atoms with Crippen LogP contribution in [0.5, 0.6) is 0 Å². The Morgan fingerprint density at radius 1 is 1.14 bits per heavy atom. The molecule has 4 rings (SSSR count). The van der Waals surface area contributed by atoms with E-state index >= 15 is 0 Å². The van der Waals surface area contributed by atoms with Crippen LogP contribution in [0.15, 0.2) is 35.1 Å². The Morgan fingerprint density at radius 2 is 2.00 bits per heavy atom. The molecule has 1 saturated heterocycles. The van der Waals surface area contributed by atoms with Gasteiger partial charge in [-0.2, -0.15) is 16.7 Å². The van der Waals surface area contributed by atoms with E-state index in [0.29, 0.717) is 17.5 Å². The van der Waals surface area contributed by atoms with Crippen LogP contribution in [0, 0.1) is 0 Å². The van der Waals surface area contributed by atoms with Gasteiger partial charge >= 0.3 is 0 Å². The lowest BCUT2D eigenvalue weighted by molar-refractivity contribution is 0.164. The highest BCUT2D eigenvalue weighted by atomic mass is 32.2. The van der Waals surface area contributed by atoms with Crippen molar-refractivity contribution in [2.75, 3.05) is 11.5 Å². The Bertz CT molecular complexity index is 791. The summed E-state index contributed by atoms with van der Waals surface area (Å²) in [6.45, 7) is 0. The van der Waals surface area contributed by atoms with Crippen molar-refractivity contribution in [3.05, 3.63) is 36.5 Å². The second-order valence-corrected chi connectivity index (χ2v) is 6.00. The van der Waals surface area contributed by atoms with Crippen LogP contribution in [0.25, 0.3) is 22.4 Å². The highest BCUT2D eigenvalue weighted by Gasteiger charge is 2.32. The molecule has 1 aromatic carbocycles. The number of hydrogen-bond acceptors (Lipinski definition) is 7. The van der Waals surface area contributed by atoms with Gasteiger partial charge in [0, 0.05) is 29.5 Å². The molecule has 6 nitrogen and oxygen atoms in total. The third-order valence-electron chi connectivity index (χ3n) is 3.54. The fraction of sp³-hybridized carbons (Fsp3) is 0.286. The summed E-state index contributed by atoms with van der Waals surface area (Å²) in [5.41, 5.74) is 2.45. The Morgan fingerprint density at radius 3 is 2.81 bits per heavy atom. The van der Waals surface area contributed by atoms with Crippen LogP contribution in [0.3, 0.4) is 0 Å². The average molecular weight is 300 g/mol. The van der Waals surface area contributed by atoms with Gasteiger partial charge in [-0.15, -0.1) is 0 Å². The minimum atomic E-state index is -0.411. The summed E-state index contributed by atoms with van der Waals surface area (Å²) in [6.07, 6.45) is 2.90. The largest absolute Gasteiger partial charge is 0.391 e. The number of benzene rings is 1. The quantitative estimate of drug-likeness (QED) is 0.773. The van der Waals surface area contributed by atoms with E-state index in [-0.39, 0.29) is 5.92 Å². The molecule has 0 amide bonds. The van der Waals surface area contributed by atoms with Crippen molar-refractivity contribution in [2.45, 2.75) is 12.0 Å². The maximum absolute atomic E-state index is 9.90. The number of aromatic nitrogens is 4. The van der Waals surface area contributed by atoms with Crippen molar-refractivity contribution in [3.63, 3.8) is 0 Å². The SMILES string of the molecule is OC1CSCC1c1nc(-c2ccc3nccnc3c2)no1. The van der Waals surface area contributed by atoms with Gasteiger partial charge in [0.1, 0.15) is 0 Å². The number of nitrogens with zero attached hydrogens (tertiary/aromatic N) is 4. The van der Waals surface area contributed by atoms with Gasteiger partial charge in [-0.1, -0.05) is 5.16 Å². The molecule has 0 spiro atoms. The predicted molar refractivity (Wildman–Crippen MR) is 78.9 cm³/mol. The van der Waals surface area contributed by atoms with Crippen LogP contribution >= 0.6 is 11.8 Å². The van der Waals surface area contributed by atoms with Gasteiger partial charge in [-0.05, 0) is 18.2 Å². The molecular formula is C14H12N4O2S. The second kappa shape index (κ2) is 5.09. The molecule has 0 aliphatic carbocycles. The molecule has 2 unspecified atom stereocenters. The summed E-state index contributed by atoms with van der Waals surface area (Å²) in [4.78, 5) is 12.9. The van der Waals surface area contributed by atoms with Gasteiger partial charge in [-0.3, -0.25) is 9.97 Å². The Hall–Kier alpha value is -1.99. The molecule has 21 heavy (non-hydrogen) atoms. The molecule has 0 saturated carbocycles. The van der Waals surface area contributed by atoms with E-state index < -0.39 is 6.10 Å². The molecule has 7 heteroatoms. The van der Waals surface area contributed by atoms with Gasteiger partial charge < -0.3 is 9.63 Å². The van der Waals surface area contributed by atoms with E-state index in [1.807, 2.05) is 18.2 Å². The van der Waals surface area contributed by atoms with Crippen molar-refractivity contribution in [3.8, 4) is 11.4 Å². The predicted octanol–water partition coefficient (Wildman–Crippen LogP) is 1.87. The number of aliphatic hydroxyl groups is 1. The molecule has 3 heterocycles. The zero-order valence-corrected chi connectivity index (χ0v) is 11.8. The molecule has 0 bridgehead atoms. The highest BCUT2D eigenvalue weighted by molar-refractivity contribution is 7.99. The van der Waals surface area contributed by atoms with Gasteiger partial charge in [0.25, 0.3) is 0 Å². The first-order chi connectivity index (χ1) is 10.3. The monoisotopic (exact) mass is 300 g/mol. The zero-order chi connectivity index (χ0) is 14.2. The van der Waals surface area contributed by atoms with Crippen molar-refractivity contribution in [1.29, 1.82) is 0 Å². The maximum atomic E-state index is 9.90. The van der Waals surface area contributed by atoms with Crippen LogP contribution in [0.4, 0.5) is 0 Å². The molecule has 106 valence electrons. The first-order valence-corrected chi connectivity index (χ1v) is 7.77. The van der Waals surface area contributed by atoms with E-state index in [2.05, 4.69) is 20.1 Å². The summed E-state index contributed by atoms with van der Waals surface area (Å²) < 4.78 is 5.31. The second-order valence-electron chi connectivity index (χ2n) is 4.93. The van der Waals surface area contributed by atoms with E-state index in [0.717, 1.165) is 22.3 Å². The standard InChI is InChI=1S/C14H12N4O2S/c19-12-7-21-6-9(12)14-17-13(18-20-14)8-1-2-10-11(5-8)16-4-3-15-10/h1-5,9,12,19H,6-7H2. The van der Waals surface area contributed by atoms with Crippen molar-refractivity contribution in [1.82, 2.24) is 20.1 Å². The third-order valence-corrected chi connectivity index (χ3v) is 4.71. The molecule has 3 aromatic rings. The molecule has 2 atom stereocenters. The van der Waals surface area contributed by atoms with Crippen LogP contribution in [0.2, 0.25) is 0 Å². The van der Waals surface area contributed by atoms with Crippen LogP contribution < -0.4 is 0 Å². The zero-order valence-electron chi connectivity index (χ0n) is 11.0. The lowest BCUT2D eigenvalue weighted by Gasteiger charge is -2.06. The fourth-order valence-corrected chi connectivity index (χ4v) is 3.61. The third kappa shape index (κ3) is 2.28. The van der Waals surface area contributed by atoms with Crippen LogP contribution in [0.1, 0.15) is 11.8 Å². The number of thioether (sulfide) groups is 1. The summed E-state index contributed by atoms with van der Waals surface area (Å²) >= 11 is 1.70. The molecule has 1 aliphatic rings. The Balaban J connectivity index is 1.70. The van der Waals surface area contributed by atoms with Crippen LogP contribution in [-0.4, -0.2) is 42.8 Å². The topological polar surface area (TPSA) is 84.9 Å².